The number of nitrogens with two attached hydrogens (primary N) is 1. The molecule has 0 radical (unpaired) electrons. The van der Waals surface area contributed by atoms with Crippen LogP contribution in [0.4, 0.5) is 0 Å². The fraction of sp³-hybridized carbons (Fsp3) is 0.571. The second kappa shape index (κ2) is 8.08. The molecule has 102 valence electrons. The summed E-state index contributed by atoms with van der Waals surface area (Å²) in [7, 11) is 2.00. The molecule has 0 saturated carbocycles. The van der Waals surface area contributed by atoms with Crippen molar-refractivity contribution >= 4 is 0 Å². The minimum Gasteiger partial charge on any atom is -0.493 e. The second-order valence-electron chi connectivity index (χ2n) is 4.63. The summed E-state index contributed by atoms with van der Waals surface area (Å²) >= 11 is 0. The van der Waals surface area contributed by atoms with E-state index >= 15 is 0 Å². The highest BCUT2D eigenvalue weighted by Crippen LogP contribution is 2.17. The molecule has 0 aliphatic carbocycles. The SMILES string of the molecule is CC(O)CN(C)CCCOc1ccccc1CN. The van der Waals surface area contributed by atoms with Gasteiger partial charge < -0.3 is 20.5 Å². The maximum atomic E-state index is 9.24. The van der Waals surface area contributed by atoms with Crippen LogP contribution in [-0.4, -0.2) is 42.9 Å². The highest BCUT2D eigenvalue weighted by atomic mass is 16.5. The first-order chi connectivity index (χ1) is 8.63. The molecule has 4 nitrogen and oxygen atoms in total. The van der Waals surface area contributed by atoms with Crippen LogP contribution in [0.15, 0.2) is 24.3 Å². The quantitative estimate of drug-likeness (QED) is 0.683. The van der Waals surface area contributed by atoms with Crippen LogP contribution < -0.4 is 10.5 Å². The summed E-state index contributed by atoms with van der Waals surface area (Å²) < 4.78 is 5.71. The lowest BCUT2D eigenvalue weighted by Crippen LogP contribution is -2.28. The Balaban J connectivity index is 2.25. The van der Waals surface area contributed by atoms with E-state index in [4.69, 9.17) is 10.5 Å². The highest BCUT2D eigenvalue weighted by Gasteiger charge is 2.03. The molecule has 0 saturated heterocycles. The van der Waals surface area contributed by atoms with E-state index in [1.54, 1.807) is 6.92 Å². The van der Waals surface area contributed by atoms with Gasteiger partial charge in [-0.2, -0.15) is 0 Å². The molecule has 0 amide bonds. The maximum Gasteiger partial charge on any atom is 0.123 e. The van der Waals surface area contributed by atoms with Gasteiger partial charge in [0.05, 0.1) is 12.7 Å². The third kappa shape index (κ3) is 5.49. The molecule has 1 unspecified atom stereocenters. The molecule has 1 atom stereocenters. The molecule has 1 rings (SSSR count). The molecule has 0 aliphatic rings. The van der Waals surface area contributed by atoms with Crippen LogP contribution in [-0.2, 0) is 6.54 Å². The standard InChI is InChI=1S/C14H24N2O2/c1-12(17)11-16(2)8-5-9-18-14-7-4-3-6-13(14)10-15/h3-4,6-7,12,17H,5,8-11,15H2,1-2H3. The number of aliphatic hydroxyl groups excluding tert-OH is 1. The highest BCUT2D eigenvalue weighted by molar-refractivity contribution is 5.32. The Morgan fingerprint density at radius 1 is 1.39 bits per heavy atom. The fourth-order valence-corrected chi connectivity index (χ4v) is 1.87. The van der Waals surface area contributed by atoms with Crippen molar-refractivity contribution in [1.29, 1.82) is 0 Å². The summed E-state index contributed by atoms with van der Waals surface area (Å²) in [6.07, 6.45) is 0.649. The Morgan fingerprint density at radius 2 is 2.11 bits per heavy atom. The normalized spacial score (nSPS) is 12.7. The molecular formula is C14H24N2O2. The van der Waals surface area contributed by atoms with Crippen molar-refractivity contribution < 1.29 is 9.84 Å². The van der Waals surface area contributed by atoms with Crippen molar-refractivity contribution in [3.63, 3.8) is 0 Å². The van der Waals surface area contributed by atoms with Gasteiger partial charge in [-0.05, 0) is 26.5 Å². The average Bonchev–Trinajstić information content (AvgIpc) is 2.34. The molecule has 0 spiro atoms. The molecule has 0 heterocycles. The Bertz CT molecular complexity index is 342. The van der Waals surface area contributed by atoms with E-state index in [9.17, 15) is 5.11 Å². The maximum absolute atomic E-state index is 9.24. The van der Waals surface area contributed by atoms with E-state index < -0.39 is 0 Å². The average molecular weight is 252 g/mol. The largest absolute Gasteiger partial charge is 0.493 e. The zero-order chi connectivity index (χ0) is 13.4. The number of rotatable bonds is 8. The van der Waals surface area contributed by atoms with Gasteiger partial charge in [0.2, 0.25) is 0 Å². The Morgan fingerprint density at radius 3 is 2.78 bits per heavy atom. The van der Waals surface area contributed by atoms with Crippen LogP contribution >= 0.6 is 0 Å². The van der Waals surface area contributed by atoms with Crippen molar-refractivity contribution in [1.82, 2.24) is 4.90 Å². The number of hydrogen-bond acceptors (Lipinski definition) is 4. The van der Waals surface area contributed by atoms with Gasteiger partial charge in [-0.1, -0.05) is 18.2 Å². The van der Waals surface area contributed by atoms with Crippen molar-refractivity contribution in [3.8, 4) is 5.75 Å². The molecule has 0 bridgehead atoms. The lowest BCUT2D eigenvalue weighted by atomic mass is 10.2. The first kappa shape index (κ1) is 15.0. The van der Waals surface area contributed by atoms with Crippen molar-refractivity contribution in [2.75, 3.05) is 26.7 Å². The van der Waals surface area contributed by atoms with Crippen LogP contribution in [0, 0.1) is 0 Å². The third-order valence-electron chi connectivity index (χ3n) is 2.71. The van der Waals surface area contributed by atoms with Crippen LogP contribution in [0.5, 0.6) is 5.75 Å². The zero-order valence-electron chi connectivity index (χ0n) is 11.3. The minimum absolute atomic E-state index is 0.283. The Labute approximate surface area is 109 Å². The number of ether oxygens (including phenoxy) is 1. The minimum atomic E-state index is -0.283. The van der Waals surface area contributed by atoms with E-state index in [1.165, 1.54) is 0 Å². The van der Waals surface area contributed by atoms with E-state index in [2.05, 4.69) is 4.90 Å². The smallest absolute Gasteiger partial charge is 0.123 e. The van der Waals surface area contributed by atoms with E-state index in [1.807, 2.05) is 31.3 Å². The third-order valence-corrected chi connectivity index (χ3v) is 2.71. The van der Waals surface area contributed by atoms with Gasteiger partial charge in [0.25, 0.3) is 0 Å². The molecule has 0 fully saturated rings. The number of nitrogens with zero attached hydrogens (tertiary/aromatic N) is 1. The van der Waals surface area contributed by atoms with Crippen molar-refractivity contribution in [2.24, 2.45) is 5.73 Å². The Kier molecular flexibility index (Phi) is 6.72. The number of para-hydroxylation sites is 1. The Hall–Kier alpha value is -1.10. The fourth-order valence-electron chi connectivity index (χ4n) is 1.87. The first-order valence-corrected chi connectivity index (χ1v) is 6.41. The predicted molar refractivity (Wildman–Crippen MR) is 73.6 cm³/mol. The van der Waals surface area contributed by atoms with E-state index in [-0.39, 0.29) is 6.10 Å². The van der Waals surface area contributed by atoms with Gasteiger partial charge in [-0.3, -0.25) is 0 Å². The van der Waals surface area contributed by atoms with Crippen molar-refractivity contribution in [2.45, 2.75) is 26.0 Å². The number of likely N-dealkylation sites (N-methyl/N-ethyl adjacent to an activating group) is 1. The molecule has 1 aromatic rings. The predicted octanol–water partition coefficient (Wildman–Crippen LogP) is 1.23. The topological polar surface area (TPSA) is 58.7 Å². The molecule has 18 heavy (non-hydrogen) atoms. The van der Waals surface area contributed by atoms with Crippen molar-refractivity contribution in [3.05, 3.63) is 29.8 Å². The van der Waals surface area contributed by atoms with Gasteiger partial charge in [0.1, 0.15) is 5.75 Å². The summed E-state index contributed by atoms with van der Waals surface area (Å²) in [6.45, 7) is 4.57. The van der Waals surface area contributed by atoms with Gasteiger partial charge >= 0.3 is 0 Å². The second-order valence-corrected chi connectivity index (χ2v) is 4.63. The number of aliphatic hydroxyl groups is 1. The molecule has 1 aromatic carbocycles. The summed E-state index contributed by atoms with van der Waals surface area (Å²) in [5, 5.41) is 9.24. The molecule has 0 aromatic heterocycles. The number of hydrogen-bond donors (Lipinski definition) is 2. The first-order valence-electron chi connectivity index (χ1n) is 6.41. The molecular weight excluding hydrogens is 228 g/mol. The van der Waals surface area contributed by atoms with Crippen LogP contribution in [0.3, 0.4) is 0 Å². The molecule has 4 heteroatoms. The van der Waals surface area contributed by atoms with Crippen LogP contribution in [0.2, 0.25) is 0 Å². The van der Waals surface area contributed by atoms with Gasteiger partial charge in [-0.25, -0.2) is 0 Å². The summed E-state index contributed by atoms with van der Waals surface area (Å²) in [5.41, 5.74) is 6.68. The van der Waals surface area contributed by atoms with E-state index in [0.717, 1.165) is 24.3 Å². The lowest BCUT2D eigenvalue weighted by molar-refractivity contribution is 0.137. The van der Waals surface area contributed by atoms with Gasteiger partial charge in [0.15, 0.2) is 0 Å². The number of benzene rings is 1. The summed E-state index contributed by atoms with van der Waals surface area (Å²) in [4.78, 5) is 2.10. The molecule has 0 aliphatic heterocycles. The van der Waals surface area contributed by atoms with Gasteiger partial charge in [-0.15, -0.1) is 0 Å². The summed E-state index contributed by atoms with van der Waals surface area (Å²) in [6, 6.07) is 7.84. The summed E-state index contributed by atoms with van der Waals surface area (Å²) in [5.74, 6) is 0.873. The van der Waals surface area contributed by atoms with Crippen LogP contribution in [0.25, 0.3) is 0 Å². The zero-order valence-corrected chi connectivity index (χ0v) is 11.3. The monoisotopic (exact) mass is 252 g/mol. The lowest BCUT2D eigenvalue weighted by Gasteiger charge is -2.18. The van der Waals surface area contributed by atoms with Crippen LogP contribution in [0.1, 0.15) is 18.9 Å². The van der Waals surface area contributed by atoms with E-state index in [0.29, 0.717) is 19.7 Å². The molecule has 3 N–H and O–H groups in total. The van der Waals surface area contributed by atoms with Gasteiger partial charge in [0, 0.05) is 25.2 Å².